The Labute approximate surface area is 221 Å². The van der Waals surface area contributed by atoms with Crippen molar-refractivity contribution in [2.45, 2.75) is 58.5 Å². The van der Waals surface area contributed by atoms with Crippen molar-refractivity contribution in [3.63, 3.8) is 0 Å². The molecule has 0 saturated carbocycles. The number of aromatic nitrogens is 1. The van der Waals surface area contributed by atoms with Crippen molar-refractivity contribution < 1.29 is 13.2 Å². The monoisotopic (exact) mass is 509 g/mol. The van der Waals surface area contributed by atoms with Gasteiger partial charge in [-0.2, -0.15) is 13.2 Å². The third-order valence-electron chi connectivity index (χ3n) is 8.24. The fraction of sp³-hybridized carbons (Fsp3) is 0.265. The van der Waals surface area contributed by atoms with Gasteiger partial charge in [0, 0.05) is 22.6 Å². The second kappa shape index (κ2) is 8.42. The Kier molecular flexibility index (Phi) is 5.47. The van der Waals surface area contributed by atoms with Crippen LogP contribution in [0.4, 0.5) is 13.2 Å². The minimum Gasteiger partial charge on any atom is -0.256 e. The molecule has 1 aliphatic carbocycles. The van der Waals surface area contributed by atoms with E-state index in [4.69, 9.17) is 4.98 Å². The Morgan fingerprint density at radius 3 is 2.21 bits per heavy atom. The van der Waals surface area contributed by atoms with Gasteiger partial charge in [0.25, 0.3) is 0 Å². The first-order valence-corrected chi connectivity index (χ1v) is 13.2. The van der Waals surface area contributed by atoms with Crippen LogP contribution in [-0.4, -0.2) is 4.98 Å². The minimum absolute atomic E-state index is 0.417. The smallest absolute Gasteiger partial charge is 0.256 e. The predicted octanol–water partition coefficient (Wildman–Crippen LogP) is 10.1. The number of alkyl halides is 3. The van der Waals surface area contributed by atoms with E-state index in [9.17, 15) is 13.2 Å². The fourth-order valence-corrected chi connectivity index (χ4v) is 6.21. The van der Waals surface area contributed by atoms with Crippen LogP contribution in [0.3, 0.4) is 0 Å². The number of fused-ring (bicyclic) bond motifs is 7. The summed E-state index contributed by atoms with van der Waals surface area (Å²) in [5.74, 6) is 0.417. The Morgan fingerprint density at radius 2 is 1.50 bits per heavy atom. The molecule has 38 heavy (non-hydrogen) atoms. The minimum atomic E-state index is -4.37. The Hall–Kier alpha value is -3.66. The van der Waals surface area contributed by atoms with Gasteiger partial charge in [-0.25, -0.2) is 0 Å². The van der Waals surface area contributed by atoms with Crippen LogP contribution in [0.25, 0.3) is 43.9 Å². The van der Waals surface area contributed by atoms with Crippen molar-refractivity contribution in [3.05, 3.63) is 101 Å². The van der Waals surface area contributed by atoms with Crippen LogP contribution in [-0.2, 0) is 18.0 Å². The highest BCUT2D eigenvalue weighted by Crippen LogP contribution is 2.53. The standard InChI is InChI=1S/C34H30F3N/c1-6-20-15-21(19(2)3)17-22(16-20)32-28-11-10-26-24(25(28)13-14-38-32)8-9-27-29-18-23(34(35,36)37)7-12-30(29)33(4,5)31(26)27/h7-19H,6H2,1-5H3. The van der Waals surface area contributed by atoms with Gasteiger partial charge in [0.2, 0.25) is 0 Å². The number of hydrogen-bond donors (Lipinski definition) is 0. The zero-order valence-electron chi connectivity index (χ0n) is 22.3. The first-order chi connectivity index (χ1) is 18.0. The molecule has 0 radical (unpaired) electrons. The molecule has 0 atom stereocenters. The normalized spacial score (nSPS) is 14.3. The number of rotatable bonds is 3. The molecule has 6 rings (SSSR count). The van der Waals surface area contributed by atoms with E-state index < -0.39 is 17.2 Å². The molecule has 1 aromatic heterocycles. The summed E-state index contributed by atoms with van der Waals surface area (Å²) in [7, 11) is 0. The summed E-state index contributed by atoms with van der Waals surface area (Å²) in [5, 5.41) is 4.35. The molecule has 0 spiro atoms. The third-order valence-corrected chi connectivity index (χ3v) is 8.24. The maximum Gasteiger partial charge on any atom is 0.416 e. The lowest BCUT2D eigenvalue weighted by Gasteiger charge is -2.24. The van der Waals surface area contributed by atoms with Gasteiger partial charge in [0.1, 0.15) is 0 Å². The molecule has 0 unspecified atom stereocenters. The molecule has 1 heterocycles. The molecule has 4 aromatic carbocycles. The van der Waals surface area contributed by atoms with Crippen molar-refractivity contribution in [1.82, 2.24) is 4.98 Å². The first kappa shape index (κ1) is 24.7. The second-order valence-electron chi connectivity index (χ2n) is 11.3. The van der Waals surface area contributed by atoms with E-state index in [0.717, 1.165) is 55.9 Å². The van der Waals surface area contributed by atoms with Crippen LogP contribution in [0.1, 0.15) is 68.4 Å². The van der Waals surface area contributed by atoms with Gasteiger partial charge in [-0.3, -0.25) is 4.98 Å². The molecule has 5 aromatic rings. The topological polar surface area (TPSA) is 12.9 Å². The van der Waals surface area contributed by atoms with Crippen molar-refractivity contribution in [1.29, 1.82) is 0 Å². The number of nitrogens with zero attached hydrogens (tertiary/aromatic N) is 1. The summed E-state index contributed by atoms with van der Waals surface area (Å²) in [6.45, 7) is 10.8. The lowest BCUT2D eigenvalue weighted by atomic mass is 9.79. The van der Waals surface area contributed by atoms with E-state index in [1.807, 2.05) is 12.3 Å². The molecule has 0 fully saturated rings. The number of hydrogen-bond acceptors (Lipinski definition) is 1. The summed E-state index contributed by atoms with van der Waals surface area (Å²) in [5.41, 5.74) is 7.22. The van der Waals surface area contributed by atoms with Gasteiger partial charge in [-0.05, 0) is 92.2 Å². The Bertz CT molecular complexity index is 1740. The SMILES string of the molecule is CCc1cc(-c2nccc3c2ccc2c4c(ccc23)-c2cc(C(F)(F)F)ccc2C4(C)C)cc(C(C)C)c1. The fourth-order valence-electron chi connectivity index (χ4n) is 6.21. The van der Waals surface area contributed by atoms with E-state index in [1.165, 1.54) is 23.3 Å². The highest BCUT2D eigenvalue weighted by Gasteiger charge is 2.39. The van der Waals surface area contributed by atoms with E-state index in [-0.39, 0.29) is 0 Å². The quantitative estimate of drug-likeness (QED) is 0.221. The number of benzene rings is 4. The Morgan fingerprint density at radius 1 is 0.789 bits per heavy atom. The molecule has 0 aliphatic heterocycles. The number of aryl methyl sites for hydroxylation is 1. The van der Waals surface area contributed by atoms with Crippen LogP contribution < -0.4 is 0 Å². The van der Waals surface area contributed by atoms with Crippen LogP contribution in [0.2, 0.25) is 0 Å². The maximum absolute atomic E-state index is 13.5. The average molecular weight is 510 g/mol. The van der Waals surface area contributed by atoms with E-state index >= 15 is 0 Å². The van der Waals surface area contributed by atoms with Gasteiger partial charge in [0.05, 0.1) is 11.3 Å². The number of pyridine rings is 1. The molecule has 4 heteroatoms. The molecule has 192 valence electrons. The molecule has 0 bridgehead atoms. The van der Waals surface area contributed by atoms with Crippen LogP contribution in [0.5, 0.6) is 0 Å². The molecule has 1 nitrogen and oxygen atoms in total. The summed E-state index contributed by atoms with van der Waals surface area (Å²) < 4.78 is 40.6. The van der Waals surface area contributed by atoms with Crippen LogP contribution in [0.15, 0.2) is 72.9 Å². The Balaban J connectivity index is 1.60. The second-order valence-corrected chi connectivity index (χ2v) is 11.3. The zero-order valence-corrected chi connectivity index (χ0v) is 22.3. The average Bonchev–Trinajstić information content (AvgIpc) is 3.13. The van der Waals surface area contributed by atoms with Gasteiger partial charge in [-0.1, -0.05) is 71.0 Å². The van der Waals surface area contributed by atoms with Crippen molar-refractivity contribution in [2.24, 2.45) is 0 Å². The van der Waals surface area contributed by atoms with Gasteiger partial charge in [0.15, 0.2) is 0 Å². The lowest BCUT2D eigenvalue weighted by molar-refractivity contribution is -0.137. The number of halogens is 3. The van der Waals surface area contributed by atoms with E-state index in [1.54, 1.807) is 6.07 Å². The first-order valence-electron chi connectivity index (χ1n) is 13.2. The lowest BCUT2D eigenvalue weighted by Crippen LogP contribution is -2.16. The van der Waals surface area contributed by atoms with Gasteiger partial charge in [-0.15, -0.1) is 0 Å². The highest BCUT2D eigenvalue weighted by atomic mass is 19.4. The van der Waals surface area contributed by atoms with E-state index in [0.29, 0.717) is 11.5 Å². The van der Waals surface area contributed by atoms with Crippen molar-refractivity contribution in [3.8, 4) is 22.4 Å². The van der Waals surface area contributed by atoms with Crippen LogP contribution >= 0.6 is 0 Å². The molecule has 0 amide bonds. The molecule has 1 aliphatic rings. The van der Waals surface area contributed by atoms with Gasteiger partial charge < -0.3 is 0 Å². The summed E-state index contributed by atoms with van der Waals surface area (Å²) in [6, 6.07) is 21.3. The third kappa shape index (κ3) is 3.65. The highest BCUT2D eigenvalue weighted by molar-refractivity contribution is 6.14. The summed E-state index contributed by atoms with van der Waals surface area (Å²) >= 11 is 0. The molecular weight excluding hydrogens is 479 g/mol. The van der Waals surface area contributed by atoms with Crippen molar-refractivity contribution >= 4 is 21.5 Å². The van der Waals surface area contributed by atoms with Crippen molar-refractivity contribution in [2.75, 3.05) is 0 Å². The molecular formula is C34H30F3N. The summed E-state index contributed by atoms with van der Waals surface area (Å²) in [6.07, 6.45) is -1.55. The zero-order chi connectivity index (χ0) is 27.0. The maximum atomic E-state index is 13.5. The molecule has 0 N–H and O–H groups in total. The van der Waals surface area contributed by atoms with Crippen LogP contribution in [0, 0.1) is 0 Å². The largest absolute Gasteiger partial charge is 0.416 e. The van der Waals surface area contributed by atoms with Gasteiger partial charge >= 0.3 is 6.18 Å². The van der Waals surface area contributed by atoms with E-state index in [2.05, 4.69) is 77.1 Å². The predicted molar refractivity (Wildman–Crippen MR) is 151 cm³/mol. The summed E-state index contributed by atoms with van der Waals surface area (Å²) in [4.78, 5) is 4.82. The molecule has 0 saturated heterocycles.